The lowest BCUT2D eigenvalue weighted by Gasteiger charge is -2.33. The van der Waals surface area contributed by atoms with E-state index in [4.69, 9.17) is 10.8 Å². The van der Waals surface area contributed by atoms with Gasteiger partial charge in [-0.05, 0) is 25.2 Å². The van der Waals surface area contributed by atoms with Crippen LogP contribution in [0.5, 0.6) is 0 Å². The molecule has 0 aromatic heterocycles. The van der Waals surface area contributed by atoms with E-state index in [0.29, 0.717) is 11.3 Å². The third-order valence-corrected chi connectivity index (χ3v) is 4.46. The van der Waals surface area contributed by atoms with Crippen molar-refractivity contribution in [3.8, 4) is 0 Å². The van der Waals surface area contributed by atoms with Crippen LogP contribution in [0.15, 0.2) is 0 Å². The molecule has 0 aromatic rings. The van der Waals surface area contributed by atoms with Crippen LogP contribution >= 0.6 is 11.8 Å². The zero-order chi connectivity index (χ0) is 10.4. The Morgan fingerprint density at radius 2 is 2.21 bits per heavy atom. The van der Waals surface area contributed by atoms with Crippen molar-refractivity contribution < 1.29 is 5.11 Å². The van der Waals surface area contributed by atoms with Crippen LogP contribution in [0.2, 0.25) is 0 Å². The van der Waals surface area contributed by atoms with Crippen LogP contribution in [-0.2, 0) is 0 Å². The predicted molar refractivity (Wildman–Crippen MR) is 63.6 cm³/mol. The fourth-order valence-electron chi connectivity index (χ4n) is 2.30. The minimum absolute atomic E-state index is 0.284. The molecule has 0 saturated heterocycles. The first kappa shape index (κ1) is 12.3. The maximum absolute atomic E-state index is 8.79. The Morgan fingerprint density at radius 3 is 2.86 bits per heavy atom. The first-order valence-corrected chi connectivity index (χ1v) is 6.80. The van der Waals surface area contributed by atoms with Gasteiger partial charge in [-0.1, -0.05) is 19.8 Å². The van der Waals surface area contributed by atoms with E-state index in [-0.39, 0.29) is 6.61 Å². The van der Waals surface area contributed by atoms with Crippen LogP contribution in [0.1, 0.15) is 39.0 Å². The second-order valence-corrected chi connectivity index (χ2v) is 5.61. The highest BCUT2D eigenvalue weighted by Crippen LogP contribution is 2.33. The number of aliphatic hydroxyl groups is 1. The minimum atomic E-state index is 0.284. The fourth-order valence-corrected chi connectivity index (χ4v) is 3.50. The van der Waals surface area contributed by atoms with Crippen LogP contribution < -0.4 is 5.73 Å². The first-order chi connectivity index (χ1) is 6.77. The molecule has 0 aliphatic heterocycles. The average molecular weight is 217 g/mol. The maximum atomic E-state index is 8.79. The van der Waals surface area contributed by atoms with E-state index >= 15 is 0 Å². The van der Waals surface area contributed by atoms with E-state index in [2.05, 4.69) is 6.92 Å². The van der Waals surface area contributed by atoms with Gasteiger partial charge in [-0.3, -0.25) is 0 Å². The lowest BCUT2D eigenvalue weighted by Crippen LogP contribution is -2.38. The van der Waals surface area contributed by atoms with Crippen molar-refractivity contribution in [2.75, 3.05) is 12.4 Å². The van der Waals surface area contributed by atoms with E-state index in [9.17, 15) is 0 Å². The maximum Gasteiger partial charge on any atom is 0.0521 e. The van der Waals surface area contributed by atoms with Crippen molar-refractivity contribution in [2.24, 2.45) is 11.7 Å². The van der Waals surface area contributed by atoms with Crippen LogP contribution in [0, 0.1) is 5.92 Å². The predicted octanol–water partition coefficient (Wildman–Crippen LogP) is 2.01. The molecular formula is C11H23NOS. The largest absolute Gasteiger partial charge is 0.396 e. The minimum Gasteiger partial charge on any atom is -0.396 e. The van der Waals surface area contributed by atoms with Gasteiger partial charge in [0.2, 0.25) is 0 Å². The third-order valence-electron chi connectivity index (χ3n) is 3.07. The quantitative estimate of drug-likeness (QED) is 0.740. The van der Waals surface area contributed by atoms with Crippen LogP contribution in [0.25, 0.3) is 0 Å². The van der Waals surface area contributed by atoms with Gasteiger partial charge in [-0.2, -0.15) is 11.8 Å². The summed E-state index contributed by atoms with van der Waals surface area (Å²) in [4.78, 5) is 0. The number of rotatable bonds is 5. The molecule has 0 heterocycles. The molecule has 0 amide bonds. The molecule has 3 unspecified atom stereocenters. The van der Waals surface area contributed by atoms with Crippen molar-refractivity contribution in [1.29, 1.82) is 0 Å². The Morgan fingerprint density at radius 1 is 1.43 bits per heavy atom. The Hall–Kier alpha value is 0.270. The van der Waals surface area contributed by atoms with Gasteiger partial charge < -0.3 is 10.8 Å². The van der Waals surface area contributed by atoms with E-state index < -0.39 is 0 Å². The molecule has 3 atom stereocenters. The highest BCUT2D eigenvalue weighted by Gasteiger charge is 2.27. The Labute approximate surface area is 91.6 Å². The van der Waals surface area contributed by atoms with Gasteiger partial charge in [0.25, 0.3) is 0 Å². The second-order valence-electron chi connectivity index (χ2n) is 4.26. The standard InChI is InChI=1S/C11H23NOS/c1-2-3-9-4-5-10(12)11(8-9)14-7-6-13/h9-11,13H,2-8,12H2,1H3. The molecule has 1 saturated carbocycles. The average Bonchev–Trinajstić information content (AvgIpc) is 2.19. The molecule has 1 rings (SSSR count). The third kappa shape index (κ3) is 3.79. The Kier molecular flexibility index (Phi) is 5.90. The zero-order valence-electron chi connectivity index (χ0n) is 9.11. The highest BCUT2D eigenvalue weighted by molar-refractivity contribution is 7.99. The smallest absolute Gasteiger partial charge is 0.0521 e. The normalized spacial score (nSPS) is 33.2. The van der Waals surface area contributed by atoms with Gasteiger partial charge in [-0.25, -0.2) is 0 Å². The Bertz CT molecular complexity index is 154. The molecule has 0 bridgehead atoms. The molecule has 2 nitrogen and oxygen atoms in total. The monoisotopic (exact) mass is 217 g/mol. The van der Waals surface area contributed by atoms with Gasteiger partial charge in [0.15, 0.2) is 0 Å². The van der Waals surface area contributed by atoms with Crippen molar-refractivity contribution in [2.45, 2.75) is 50.3 Å². The summed E-state index contributed by atoms with van der Waals surface area (Å²) in [6.45, 7) is 2.54. The summed E-state index contributed by atoms with van der Waals surface area (Å²) in [6, 6.07) is 0.361. The van der Waals surface area contributed by atoms with Crippen molar-refractivity contribution >= 4 is 11.8 Å². The lowest BCUT2D eigenvalue weighted by molar-refractivity contribution is 0.311. The summed E-state index contributed by atoms with van der Waals surface area (Å²) < 4.78 is 0. The molecule has 1 aliphatic carbocycles. The molecule has 0 radical (unpaired) electrons. The number of thioether (sulfide) groups is 1. The number of nitrogens with two attached hydrogens (primary N) is 1. The number of hydrogen-bond donors (Lipinski definition) is 2. The van der Waals surface area contributed by atoms with Gasteiger partial charge in [-0.15, -0.1) is 0 Å². The molecule has 84 valence electrons. The molecule has 3 heteroatoms. The molecule has 14 heavy (non-hydrogen) atoms. The topological polar surface area (TPSA) is 46.2 Å². The van der Waals surface area contributed by atoms with Crippen LogP contribution in [-0.4, -0.2) is 28.8 Å². The van der Waals surface area contributed by atoms with Gasteiger partial charge in [0.1, 0.15) is 0 Å². The molecule has 1 fully saturated rings. The van der Waals surface area contributed by atoms with Crippen molar-refractivity contribution in [3.05, 3.63) is 0 Å². The van der Waals surface area contributed by atoms with Crippen molar-refractivity contribution in [3.63, 3.8) is 0 Å². The summed E-state index contributed by atoms with van der Waals surface area (Å²) in [7, 11) is 0. The fraction of sp³-hybridized carbons (Fsp3) is 1.00. The Balaban J connectivity index is 2.30. The molecule has 1 aliphatic rings. The van der Waals surface area contributed by atoms with Gasteiger partial charge in [0.05, 0.1) is 6.61 Å². The van der Waals surface area contributed by atoms with Crippen molar-refractivity contribution in [1.82, 2.24) is 0 Å². The summed E-state index contributed by atoms with van der Waals surface area (Å²) >= 11 is 1.86. The number of hydrogen-bond acceptors (Lipinski definition) is 3. The summed E-state index contributed by atoms with van der Waals surface area (Å²) in [5.41, 5.74) is 6.08. The summed E-state index contributed by atoms with van der Waals surface area (Å²) in [6.07, 6.45) is 6.39. The lowest BCUT2D eigenvalue weighted by atomic mass is 9.83. The van der Waals surface area contributed by atoms with E-state index in [1.165, 1.54) is 32.1 Å². The highest BCUT2D eigenvalue weighted by atomic mass is 32.2. The zero-order valence-corrected chi connectivity index (χ0v) is 9.93. The first-order valence-electron chi connectivity index (χ1n) is 5.76. The molecule has 3 N–H and O–H groups in total. The second kappa shape index (κ2) is 6.70. The van der Waals surface area contributed by atoms with Crippen LogP contribution in [0.4, 0.5) is 0 Å². The van der Waals surface area contributed by atoms with Gasteiger partial charge in [0, 0.05) is 17.0 Å². The summed E-state index contributed by atoms with van der Waals surface area (Å²) in [5, 5.41) is 9.38. The van der Waals surface area contributed by atoms with E-state index in [1.54, 1.807) is 0 Å². The van der Waals surface area contributed by atoms with E-state index in [0.717, 1.165) is 11.7 Å². The summed E-state index contributed by atoms with van der Waals surface area (Å²) in [5.74, 6) is 1.73. The molecular weight excluding hydrogens is 194 g/mol. The van der Waals surface area contributed by atoms with Crippen LogP contribution in [0.3, 0.4) is 0 Å². The van der Waals surface area contributed by atoms with Gasteiger partial charge >= 0.3 is 0 Å². The van der Waals surface area contributed by atoms with E-state index in [1.807, 2.05) is 11.8 Å². The SMILES string of the molecule is CCCC1CCC(N)C(SCCO)C1. The molecule has 0 spiro atoms. The number of aliphatic hydroxyl groups excluding tert-OH is 1. The molecule has 0 aromatic carbocycles.